The summed E-state index contributed by atoms with van der Waals surface area (Å²) in [5.74, 6) is -1.04. The third kappa shape index (κ3) is 8.31. The second-order valence-corrected chi connectivity index (χ2v) is 12.1. The summed E-state index contributed by atoms with van der Waals surface area (Å²) >= 11 is 0. The first-order valence-electron chi connectivity index (χ1n) is 14.9. The van der Waals surface area contributed by atoms with Gasteiger partial charge in [0.25, 0.3) is 5.97 Å². The van der Waals surface area contributed by atoms with Crippen molar-refractivity contribution in [2.24, 2.45) is 11.7 Å². The average Bonchev–Trinajstić information content (AvgIpc) is 3.40. The Morgan fingerprint density at radius 3 is 2.28 bits per heavy atom. The summed E-state index contributed by atoms with van der Waals surface area (Å²) < 4.78 is 5.30. The van der Waals surface area contributed by atoms with E-state index in [1.54, 1.807) is 31.7 Å². The number of nitrogens with two attached hydrogens (primary N) is 1. The quantitative estimate of drug-likeness (QED) is 0.244. The molecule has 4 rings (SSSR count). The van der Waals surface area contributed by atoms with Crippen LogP contribution in [-0.4, -0.2) is 63.9 Å². The number of rotatable bonds is 6. The topological polar surface area (TPSA) is 175 Å². The molecule has 43 heavy (non-hydrogen) atoms. The van der Waals surface area contributed by atoms with Crippen molar-refractivity contribution in [3.8, 4) is 0 Å². The van der Waals surface area contributed by atoms with Gasteiger partial charge in [-0.3, -0.25) is 25.1 Å². The van der Waals surface area contributed by atoms with Crippen molar-refractivity contribution < 1.29 is 29.0 Å². The summed E-state index contributed by atoms with van der Waals surface area (Å²) in [6.07, 6.45) is 5.93. The zero-order valence-corrected chi connectivity index (χ0v) is 25.6. The smallest absolute Gasteiger partial charge is 0.413 e. The Hall–Kier alpha value is -3.99. The molecule has 2 aromatic carbocycles. The lowest BCUT2D eigenvalue weighted by Crippen LogP contribution is -2.62. The van der Waals surface area contributed by atoms with Crippen LogP contribution < -0.4 is 16.4 Å². The van der Waals surface area contributed by atoms with Crippen LogP contribution in [0.5, 0.6) is 0 Å². The molecule has 1 aliphatic heterocycles. The first-order valence-corrected chi connectivity index (χ1v) is 14.9. The first kappa shape index (κ1) is 33.5. The fraction of sp³-hybridized carbons (Fsp3) is 0.531. The monoisotopic (exact) mass is 595 g/mol. The Morgan fingerprint density at radius 1 is 1.05 bits per heavy atom. The number of nitrogens with one attached hydrogen (secondary N) is 3. The van der Waals surface area contributed by atoms with Gasteiger partial charge in [0.2, 0.25) is 11.8 Å². The molecule has 3 amide bonds. The zero-order chi connectivity index (χ0) is 31.8. The van der Waals surface area contributed by atoms with Crippen molar-refractivity contribution in [3.05, 3.63) is 47.5 Å². The van der Waals surface area contributed by atoms with E-state index >= 15 is 0 Å². The van der Waals surface area contributed by atoms with Gasteiger partial charge in [-0.25, -0.2) is 4.79 Å². The maximum absolute atomic E-state index is 14.0. The highest BCUT2D eigenvalue weighted by atomic mass is 16.6. The number of carboxylic acids is 1. The lowest BCUT2D eigenvalue weighted by molar-refractivity contribution is -0.148. The Morgan fingerprint density at radius 2 is 1.67 bits per heavy atom. The highest BCUT2D eigenvalue weighted by Crippen LogP contribution is 2.43. The Bertz CT molecular complexity index is 1340. The molecule has 1 heterocycles. The second-order valence-electron chi connectivity index (χ2n) is 12.1. The zero-order valence-electron chi connectivity index (χ0n) is 25.6. The third-order valence-corrected chi connectivity index (χ3v) is 7.92. The molecule has 0 spiro atoms. The number of likely N-dealkylation sites (tertiary alicyclic amines) is 1. The minimum atomic E-state index is -0.855. The maximum Gasteiger partial charge on any atom is 0.413 e. The van der Waals surface area contributed by atoms with E-state index in [1.165, 1.54) is 0 Å². The van der Waals surface area contributed by atoms with Gasteiger partial charge in [0.05, 0.1) is 6.54 Å². The van der Waals surface area contributed by atoms with Crippen LogP contribution in [0.25, 0.3) is 10.8 Å². The molecule has 234 valence electrons. The molecular formula is C32H45N5O6. The Balaban J connectivity index is 0.00000119. The van der Waals surface area contributed by atoms with Crippen LogP contribution in [0.15, 0.2) is 36.4 Å². The van der Waals surface area contributed by atoms with E-state index < -0.39 is 23.2 Å². The van der Waals surface area contributed by atoms with Gasteiger partial charge in [-0.2, -0.15) is 0 Å². The first-order chi connectivity index (χ1) is 20.3. The van der Waals surface area contributed by atoms with E-state index in [2.05, 4.69) is 10.6 Å². The fourth-order valence-corrected chi connectivity index (χ4v) is 6.26. The molecule has 11 heteroatoms. The highest BCUT2D eigenvalue weighted by Gasteiger charge is 2.54. The lowest BCUT2D eigenvalue weighted by atomic mass is 9.72. The number of aliphatic carboxylic acids is 1. The summed E-state index contributed by atoms with van der Waals surface area (Å²) in [5.41, 5.74) is 5.67. The minimum Gasteiger partial charge on any atom is -0.481 e. The van der Waals surface area contributed by atoms with Crippen LogP contribution in [0.3, 0.4) is 0 Å². The number of amides is 3. The summed E-state index contributed by atoms with van der Waals surface area (Å²) in [7, 11) is 0. The van der Waals surface area contributed by atoms with E-state index in [4.69, 9.17) is 25.8 Å². The number of alkyl carbamates (subject to hydrolysis) is 1. The van der Waals surface area contributed by atoms with Crippen LogP contribution in [0.4, 0.5) is 4.79 Å². The summed E-state index contributed by atoms with van der Waals surface area (Å²) in [4.78, 5) is 49.8. The van der Waals surface area contributed by atoms with Crippen molar-refractivity contribution in [1.82, 2.24) is 15.5 Å². The van der Waals surface area contributed by atoms with Crippen molar-refractivity contribution in [2.45, 2.75) is 90.3 Å². The van der Waals surface area contributed by atoms with Crippen molar-refractivity contribution >= 4 is 40.5 Å². The predicted octanol–water partition coefficient (Wildman–Crippen LogP) is 4.30. The number of carboxylic acid groups (broad SMARTS) is 1. The summed E-state index contributed by atoms with van der Waals surface area (Å²) in [5, 5.41) is 23.3. The number of ether oxygens (including phenoxy) is 1. The van der Waals surface area contributed by atoms with E-state index in [-0.39, 0.29) is 36.7 Å². The van der Waals surface area contributed by atoms with Crippen molar-refractivity contribution in [1.29, 1.82) is 5.41 Å². The van der Waals surface area contributed by atoms with Crippen LogP contribution >= 0.6 is 0 Å². The van der Waals surface area contributed by atoms with Gasteiger partial charge in [-0.1, -0.05) is 55.7 Å². The number of carbonyl (C=O) groups is 4. The fourth-order valence-electron chi connectivity index (χ4n) is 6.26. The molecule has 0 bridgehead atoms. The lowest BCUT2D eigenvalue weighted by Gasteiger charge is -2.44. The molecular weight excluding hydrogens is 550 g/mol. The van der Waals surface area contributed by atoms with Gasteiger partial charge in [0.15, 0.2) is 0 Å². The molecule has 1 saturated heterocycles. The van der Waals surface area contributed by atoms with Gasteiger partial charge < -0.3 is 25.8 Å². The van der Waals surface area contributed by atoms with Crippen molar-refractivity contribution in [2.75, 3.05) is 13.1 Å². The number of carbonyl (C=O) groups excluding carboxylic acids is 3. The number of nitrogens with zero attached hydrogens (tertiary/aromatic N) is 1. The normalized spacial score (nSPS) is 18.8. The van der Waals surface area contributed by atoms with Crippen LogP contribution in [0.1, 0.15) is 83.8 Å². The SMILES string of the molecule is CC(=O)O.CC(C)(C)OC(=O)NC(=N)c1ccc(CNC(=O)[C@]2(C3CCCCC3)CCCN2C(=O)CN)c2ccccc12. The Kier molecular flexibility index (Phi) is 11.3. The minimum absolute atomic E-state index is 0.0609. The van der Waals surface area contributed by atoms with Gasteiger partial charge in [-0.15, -0.1) is 0 Å². The van der Waals surface area contributed by atoms with Gasteiger partial charge in [0, 0.05) is 25.6 Å². The molecule has 11 nitrogen and oxygen atoms in total. The molecule has 1 aliphatic carbocycles. The molecule has 0 unspecified atom stereocenters. The number of amidine groups is 1. The molecule has 1 atom stereocenters. The number of hydrogen-bond donors (Lipinski definition) is 5. The summed E-state index contributed by atoms with van der Waals surface area (Å²) in [6, 6.07) is 11.3. The summed E-state index contributed by atoms with van der Waals surface area (Å²) in [6.45, 7) is 7.13. The third-order valence-electron chi connectivity index (χ3n) is 7.92. The number of fused-ring (bicyclic) bond motifs is 1. The molecule has 0 radical (unpaired) electrons. The van der Waals surface area contributed by atoms with Crippen LogP contribution in [0.2, 0.25) is 0 Å². The van der Waals surface area contributed by atoms with Gasteiger partial charge >= 0.3 is 6.09 Å². The number of hydrogen-bond acceptors (Lipinski definition) is 7. The predicted molar refractivity (Wildman–Crippen MR) is 165 cm³/mol. The van der Waals surface area contributed by atoms with E-state index in [0.717, 1.165) is 61.8 Å². The highest BCUT2D eigenvalue weighted by molar-refractivity contribution is 6.13. The van der Waals surface area contributed by atoms with Crippen LogP contribution in [-0.2, 0) is 25.7 Å². The molecule has 2 aromatic rings. The van der Waals surface area contributed by atoms with E-state index in [9.17, 15) is 14.4 Å². The standard InChI is InChI=1S/C30H41N5O4.C2H4O2/c1-29(2,3)39-28(38)34-26(32)24-15-14-20(22-12-7-8-13-23(22)24)19-33-27(37)30(21-10-5-4-6-11-21)16-9-17-35(30)25(36)18-31;1-2(3)4/h7-8,12-15,21H,4-6,9-11,16-19,31H2,1-3H3,(H,33,37)(H2,32,34,38);1H3,(H,3,4)/t30-;/m1./s1. The van der Waals surface area contributed by atoms with Gasteiger partial charge in [-0.05, 0) is 68.7 Å². The maximum atomic E-state index is 14.0. The molecule has 2 fully saturated rings. The molecule has 6 N–H and O–H groups in total. The van der Waals surface area contributed by atoms with E-state index in [0.29, 0.717) is 18.5 Å². The largest absolute Gasteiger partial charge is 0.481 e. The molecule has 1 saturated carbocycles. The Labute approximate surface area is 253 Å². The van der Waals surface area contributed by atoms with Crippen molar-refractivity contribution in [3.63, 3.8) is 0 Å². The second kappa shape index (κ2) is 14.5. The van der Waals surface area contributed by atoms with E-state index in [1.807, 2.05) is 30.3 Å². The van der Waals surface area contributed by atoms with Crippen LogP contribution in [0, 0.1) is 11.3 Å². The number of benzene rings is 2. The molecule has 0 aromatic heterocycles. The average molecular weight is 596 g/mol. The molecule has 2 aliphatic rings. The van der Waals surface area contributed by atoms with Gasteiger partial charge in [0.1, 0.15) is 17.0 Å².